The highest BCUT2D eigenvalue weighted by Crippen LogP contribution is 2.26. The van der Waals surface area contributed by atoms with Gasteiger partial charge in [-0.1, -0.05) is 18.2 Å². The Bertz CT molecular complexity index is 973. The van der Waals surface area contributed by atoms with Crippen molar-refractivity contribution in [2.24, 2.45) is 0 Å². The Labute approximate surface area is 176 Å². The lowest BCUT2D eigenvalue weighted by Gasteiger charge is -2.41. The molecule has 2 aliphatic rings. The molecular formula is C20H25N5O4S. The van der Waals surface area contributed by atoms with Gasteiger partial charge in [0, 0.05) is 32.8 Å². The van der Waals surface area contributed by atoms with Crippen LogP contribution in [0.5, 0.6) is 0 Å². The molecule has 2 aromatic rings. The fourth-order valence-corrected chi connectivity index (χ4v) is 5.31. The predicted molar refractivity (Wildman–Crippen MR) is 108 cm³/mol. The van der Waals surface area contributed by atoms with Crippen molar-refractivity contribution in [2.75, 3.05) is 20.1 Å². The quantitative estimate of drug-likeness (QED) is 0.756. The maximum absolute atomic E-state index is 13.0. The smallest absolute Gasteiger partial charge is 0.243 e. The normalized spacial score (nSPS) is 26.0. The van der Waals surface area contributed by atoms with Crippen molar-refractivity contribution >= 4 is 15.9 Å². The van der Waals surface area contributed by atoms with Gasteiger partial charge in [0.15, 0.2) is 6.35 Å². The molecule has 0 radical (unpaired) electrons. The van der Waals surface area contributed by atoms with Gasteiger partial charge in [0.2, 0.25) is 15.9 Å². The van der Waals surface area contributed by atoms with Crippen LogP contribution in [0.15, 0.2) is 53.8 Å². The van der Waals surface area contributed by atoms with E-state index < -0.39 is 16.4 Å². The fraction of sp³-hybridized carbons (Fsp3) is 0.450. The van der Waals surface area contributed by atoms with E-state index in [1.807, 2.05) is 0 Å². The summed E-state index contributed by atoms with van der Waals surface area (Å²) in [6.45, 7) is 0.698. The van der Waals surface area contributed by atoms with E-state index in [0.717, 1.165) is 12.1 Å². The van der Waals surface area contributed by atoms with E-state index in [9.17, 15) is 13.2 Å². The van der Waals surface area contributed by atoms with E-state index in [-0.39, 0.29) is 35.9 Å². The summed E-state index contributed by atoms with van der Waals surface area (Å²) in [5.74, 6) is -0.0630. The molecular weight excluding hydrogens is 406 g/mol. The topological polar surface area (TPSA) is 105 Å². The van der Waals surface area contributed by atoms with Crippen molar-refractivity contribution in [3.8, 4) is 0 Å². The molecule has 3 unspecified atom stereocenters. The first kappa shape index (κ1) is 20.9. The van der Waals surface area contributed by atoms with Gasteiger partial charge in [-0.05, 0) is 31.0 Å². The van der Waals surface area contributed by atoms with Crippen LogP contribution in [0.4, 0.5) is 0 Å². The average Bonchev–Trinajstić information content (AvgIpc) is 2.78. The molecule has 3 atom stereocenters. The number of nitrogens with zero attached hydrogens (tertiary/aromatic N) is 4. The van der Waals surface area contributed by atoms with E-state index in [2.05, 4.69) is 15.3 Å². The summed E-state index contributed by atoms with van der Waals surface area (Å²) in [7, 11) is -1.90. The van der Waals surface area contributed by atoms with Crippen molar-refractivity contribution in [1.82, 2.24) is 24.5 Å². The monoisotopic (exact) mass is 431 g/mol. The molecule has 2 fully saturated rings. The highest BCUT2D eigenvalue weighted by Gasteiger charge is 2.37. The maximum atomic E-state index is 13.0. The minimum absolute atomic E-state index is 0.0630. The summed E-state index contributed by atoms with van der Waals surface area (Å²) in [4.78, 5) is 22.4. The van der Waals surface area contributed by atoms with Gasteiger partial charge in [0.1, 0.15) is 6.33 Å². The molecule has 1 N–H and O–H groups in total. The highest BCUT2D eigenvalue weighted by atomic mass is 32.2. The third-order valence-corrected chi connectivity index (χ3v) is 7.35. The zero-order valence-electron chi connectivity index (χ0n) is 16.7. The number of piperidine rings is 1. The molecule has 2 saturated heterocycles. The summed E-state index contributed by atoms with van der Waals surface area (Å²) < 4.78 is 33.5. The second kappa shape index (κ2) is 8.76. The number of sulfonamides is 1. The largest absolute Gasteiger partial charge is 0.340 e. The lowest BCUT2D eigenvalue weighted by atomic mass is 10.1. The third-order valence-electron chi connectivity index (χ3n) is 5.47. The average molecular weight is 432 g/mol. The number of ether oxygens (including phenoxy) is 1. The van der Waals surface area contributed by atoms with Gasteiger partial charge in [-0.2, -0.15) is 4.31 Å². The Morgan fingerprint density at radius 1 is 1.20 bits per heavy atom. The minimum Gasteiger partial charge on any atom is -0.340 e. The van der Waals surface area contributed by atoms with Crippen molar-refractivity contribution in [3.05, 3.63) is 54.6 Å². The second-order valence-corrected chi connectivity index (χ2v) is 9.43. The van der Waals surface area contributed by atoms with Gasteiger partial charge < -0.3 is 9.64 Å². The Kier molecular flexibility index (Phi) is 6.09. The van der Waals surface area contributed by atoms with Crippen LogP contribution in [0, 0.1) is 0 Å². The lowest BCUT2D eigenvalue weighted by Crippen LogP contribution is -2.57. The molecule has 0 saturated carbocycles. The van der Waals surface area contributed by atoms with E-state index in [4.69, 9.17) is 4.74 Å². The van der Waals surface area contributed by atoms with Crippen LogP contribution in [0.3, 0.4) is 0 Å². The van der Waals surface area contributed by atoms with Crippen LogP contribution < -0.4 is 5.32 Å². The van der Waals surface area contributed by atoms with Crippen LogP contribution in [0.1, 0.15) is 31.0 Å². The molecule has 0 aliphatic carbocycles. The summed E-state index contributed by atoms with van der Waals surface area (Å²) in [6, 6.07) is 9.89. The van der Waals surface area contributed by atoms with E-state index >= 15 is 0 Å². The number of rotatable bonds is 5. The molecule has 1 aromatic carbocycles. The predicted octanol–water partition coefficient (Wildman–Crippen LogP) is 1.12. The molecule has 9 nitrogen and oxygen atoms in total. The Morgan fingerprint density at radius 2 is 2.00 bits per heavy atom. The molecule has 4 rings (SSSR count). The van der Waals surface area contributed by atoms with Crippen LogP contribution >= 0.6 is 0 Å². The number of carbonyl (C=O) groups is 1. The van der Waals surface area contributed by atoms with E-state index in [0.29, 0.717) is 13.0 Å². The number of hydrogen-bond acceptors (Lipinski definition) is 7. The number of aromatic nitrogens is 2. The number of benzene rings is 1. The van der Waals surface area contributed by atoms with Crippen molar-refractivity contribution in [2.45, 2.75) is 42.7 Å². The first-order valence-electron chi connectivity index (χ1n) is 9.93. The molecule has 10 heteroatoms. The van der Waals surface area contributed by atoms with Gasteiger partial charge in [-0.3, -0.25) is 10.1 Å². The van der Waals surface area contributed by atoms with Crippen LogP contribution in [0.25, 0.3) is 0 Å². The maximum Gasteiger partial charge on any atom is 0.243 e. The van der Waals surface area contributed by atoms with Gasteiger partial charge >= 0.3 is 0 Å². The molecule has 1 aromatic heterocycles. The number of hydrogen-bond donors (Lipinski definition) is 1. The summed E-state index contributed by atoms with van der Waals surface area (Å²) >= 11 is 0. The first-order chi connectivity index (χ1) is 14.4. The fourth-order valence-electron chi connectivity index (χ4n) is 3.78. The van der Waals surface area contributed by atoms with Crippen LogP contribution in [-0.4, -0.2) is 66.1 Å². The summed E-state index contributed by atoms with van der Waals surface area (Å²) in [6.07, 6.45) is 3.78. The SMILES string of the molecule is CN1C(=O)CC(c2ccncn2)NC1OC1CCCN(S(=O)(=O)c2ccccc2)C1. The van der Waals surface area contributed by atoms with Crippen molar-refractivity contribution < 1.29 is 17.9 Å². The Hall–Kier alpha value is -2.40. The molecule has 1 amide bonds. The Balaban J connectivity index is 1.46. The summed E-state index contributed by atoms with van der Waals surface area (Å²) in [5.41, 5.74) is 0.719. The Morgan fingerprint density at radius 3 is 2.73 bits per heavy atom. The second-order valence-electron chi connectivity index (χ2n) is 7.49. The third kappa shape index (κ3) is 4.36. The molecule has 0 bridgehead atoms. The van der Waals surface area contributed by atoms with E-state index in [1.54, 1.807) is 49.6 Å². The molecule has 3 heterocycles. The van der Waals surface area contributed by atoms with Gasteiger partial charge in [-0.15, -0.1) is 0 Å². The molecule has 2 aliphatic heterocycles. The zero-order chi connectivity index (χ0) is 21.1. The first-order valence-corrected chi connectivity index (χ1v) is 11.4. The summed E-state index contributed by atoms with van der Waals surface area (Å²) in [5, 5.41) is 3.31. The highest BCUT2D eigenvalue weighted by molar-refractivity contribution is 7.89. The van der Waals surface area contributed by atoms with Crippen LogP contribution in [-0.2, 0) is 19.6 Å². The number of nitrogens with one attached hydrogen (secondary N) is 1. The molecule has 30 heavy (non-hydrogen) atoms. The zero-order valence-corrected chi connectivity index (χ0v) is 17.5. The number of carbonyl (C=O) groups excluding carboxylic acids is 1. The van der Waals surface area contributed by atoms with Crippen molar-refractivity contribution in [1.29, 1.82) is 0 Å². The molecule has 0 spiro atoms. The van der Waals surface area contributed by atoms with Gasteiger partial charge in [0.05, 0.1) is 22.7 Å². The van der Waals surface area contributed by atoms with Crippen molar-refractivity contribution in [3.63, 3.8) is 0 Å². The van der Waals surface area contributed by atoms with Crippen LogP contribution in [0.2, 0.25) is 0 Å². The van der Waals surface area contributed by atoms with E-state index in [1.165, 1.54) is 15.5 Å². The minimum atomic E-state index is -3.58. The van der Waals surface area contributed by atoms with Gasteiger partial charge in [-0.25, -0.2) is 18.4 Å². The lowest BCUT2D eigenvalue weighted by molar-refractivity contribution is -0.168. The molecule has 160 valence electrons. The van der Waals surface area contributed by atoms with Gasteiger partial charge in [0.25, 0.3) is 0 Å². The standard InChI is InChI=1S/C20H25N5O4S/c1-24-19(26)12-18(17-9-10-21-14-22-17)23-20(24)29-15-6-5-11-25(13-15)30(27,28)16-7-3-2-4-8-16/h2-4,7-10,14-15,18,20,23H,5-6,11-13H2,1H3. The number of amides is 1.